The van der Waals surface area contributed by atoms with Gasteiger partial charge in [-0.3, -0.25) is 0 Å². The van der Waals surface area contributed by atoms with Gasteiger partial charge < -0.3 is 24.3 Å². The molecule has 0 spiro atoms. The van der Waals surface area contributed by atoms with Crippen molar-refractivity contribution < 1.29 is 24.1 Å². The highest BCUT2D eigenvalue weighted by Gasteiger charge is 2.18. The average molecular weight is 399 g/mol. The van der Waals surface area contributed by atoms with E-state index in [0.29, 0.717) is 22.1 Å². The number of fused-ring (bicyclic) bond motifs is 3. The largest absolute Gasteiger partial charge is 0.512 e. The quantitative estimate of drug-likeness (QED) is 0.439. The molecule has 142 valence electrons. The molecule has 4 aromatic rings. The summed E-state index contributed by atoms with van der Waals surface area (Å²) in [6, 6.07) is 12.7. The number of methoxy groups -OCH3 is 1. The first-order chi connectivity index (χ1) is 13.6. The molecule has 0 aliphatic rings. The lowest BCUT2D eigenvalue weighted by Gasteiger charge is -2.09. The van der Waals surface area contributed by atoms with Crippen LogP contribution in [0, 0.1) is 0 Å². The number of hydrogen-bond donors (Lipinski definition) is 2. The van der Waals surface area contributed by atoms with Gasteiger partial charge in [0.05, 0.1) is 28.9 Å². The van der Waals surface area contributed by atoms with Gasteiger partial charge in [0.2, 0.25) is 5.88 Å². The molecule has 0 atom stereocenters. The molecule has 2 heterocycles. The molecule has 0 amide bonds. The average Bonchev–Trinajstić information content (AvgIpc) is 3.03. The van der Waals surface area contributed by atoms with E-state index in [1.807, 2.05) is 30.3 Å². The van der Waals surface area contributed by atoms with Crippen LogP contribution in [-0.2, 0) is 11.3 Å². The minimum Gasteiger partial charge on any atom is -0.456 e. The number of H-pyrrole nitrogens is 1. The maximum Gasteiger partial charge on any atom is 0.512 e. The van der Waals surface area contributed by atoms with Crippen LogP contribution in [0.1, 0.15) is 5.56 Å². The fourth-order valence-corrected chi connectivity index (χ4v) is 3.26. The van der Waals surface area contributed by atoms with Crippen LogP contribution in [0.5, 0.6) is 17.4 Å². The smallest absolute Gasteiger partial charge is 0.456 e. The second kappa shape index (κ2) is 7.38. The molecule has 0 saturated carbocycles. The Morgan fingerprint density at radius 3 is 2.79 bits per heavy atom. The van der Waals surface area contributed by atoms with Crippen LogP contribution in [0.3, 0.4) is 0 Å². The number of benzene rings is 2. The van der Waals surface area contributed by atoms with Crippen LogP contribution in [0.25, 0.3) is 21.8 Å². The van der Waals surface area contributed by atoms with Gasteiger partial charge in [0.1, 0.15) is 11.5 Å². The molecule has 28 heavy (non-hydrogen) atoms. The van der Waals surface area contributed by atoms with E-state index in [2.05, 4.69) is 9.97 Å². The number of aromatic amines is 1. The second-order valence-electron chi connectivity index (χ2n) is 6.00. The predicted molar refractivity (Wildman–Crippen MR) is 104 cm³/mol. The summed E-state index contributed by atoms with van der Waals surface area (Å²) in [6.45, 7) is 0.134. The van der Waals surface area contributed by atoms with Crippen molar-refractivity contribution >= 4 is 39.6 Å². The van der Waals surface area contributed by atoms with Crippen molar-refractivity contribution in [3.05, 3.63) is 59.2 Å². The lowest BCUT2D eigenvalue weighted by atomic mass is 10.1. The van der Waals surface area contributed by atoms with Crippen molar-refractivity contribution in [2.75, 3.05) is 7.11 Å². The number of nitrogens with one attached hydrogen (secondary N) is 1. The van der Waals surface area contributed by atoms with E-state index in [4.69, 9.17) is 30.9 Å². The molecule has 0 aliphatic heterocycles. The van der Waals surface area contributed by atoms with Crippen molar-refractivity contribution in [2.24, 2.45) is 0 Å². The summed E-state index contributed by atoms with van der Waals surface area (Å²) in [4.78, 5) is 18.4. The van der Waals surface area contributed by atoms with E-state index in [1.165, 1.54) is 13.3 Å². The highest BCUT2D eigenvalue weighted by molar-refractivity contribution is 6.32. The Kier molecular flexibility index (Phi) is 4.77. The summed E-state index contributed by atoms with van der Waals surface area (Å²) in [7, 11) is 1.52. The van der Waals surface area contributed by atoms with E-state index in [-0.39, 0.29) is 12.5 Å². The number of para-hydroxylation sites is 1. The SMILES string of the molecule is COCc1c(OC(=O)O)ncc2[nH]c3ccc(Oc4ccccc4Cl)cc3c12. The number of ether oxygens (including phenoxy) is 3. The molecule has 0 aliphatic carbocycles. The molecule has 7 nitrogen and oxygen atoms in total. The molecular formula is C20H15ClN2O5. The third kappa shape index (κ3) is 3.33. The second-order valence-corrected chi connectivity index (χ2v) is 6.40. The molecule has 0 saturated heterocycles. The van der Waals surface area contributed by atoms with E-state index in [0.717, 1.165) is 21.8 Å². The molecular weight excluding hydrogens is 384 g/mol. The number of nitrogens with zero attached hydrogens (tertiary/aromatic N) is 1. The van der Waals surface area contributed by atoms with Crippen molar-refractivity contribution in [1.29, 1.82) is 0 Å². The molecule has 0 unspecified atom stereocenters. The fourth-order valence-electron chi connectivity index (χ4n) is 3.09. The summed E-state index contributed by atoms with van der Waals surface area (Å²) in [6.07, 6.45) is 0.0910. The van der Waals surface area contributed by atoms with E-state index < -0.39 is 6.16 Å². The van der Waals surface area contributed by atoms with E-state index >= 15 is 0 Å². The fraction of sp³-hybridized carbons (Fsp3) is 0.100. The normalized spacial score (nSPS) is 11.1. The zero-order valence-electron chi connectivity index (χ0n) is 14.7. The zero-order chi connectivity index (χ0) is 19.7. The topological polar surface area (TPSA) is 93.7 Å². The van der Waals surface area contributed by atoms with Gasteiger partial charge in [-0.25, -0.2) is 9.78 Å². The Bertz CT molecular complexity index is 1190. The summed E-state index contributed by atoms with van der Waals surface area (Å²) < 4.78 is 16.0. The van der Waals surface area contributed by atoms with Gasteiger partial charge >= 0.3 is 6.16 Å². The summed E-state index contributed by atoms with van der Waals surface area (Å²) >= 11 is 6.17. The van der Waals surface area contributed by atoms with Crippen LogP contribution in [0.15, 0.2) is 48.7 Å². The van der Waals surface area contributed by atoms with Crippen LogP contribution in [0.4, 0.5) is 4.79 Å². The molecule has 2 aromatic heterocycles. The van der Waals surface area contributed by atoms with Gasteiger partial charge in [0.15, 0.2) is 0 Å². The monoisotopic (exact) mass is 398 g/mol. The molecule has 0 radical (unpaired) electrons. The van der Waals surface area contributed by atoms with Crippen LogP contribution in [-0.4, -0.2) is 28.3 Å². The van der Waals surface area contributed by atoms with Crippen molar-refractivity contribution in [1.82, 2.24) is 9.97 Å². The van der Waals surface area contributed by atoms with Crippen LogP contribution in [0.2, 0.25) is 5.02 Å². The number of pyridine rings is 1. The van der Waals surface area contributed by atoms with Gasteiger partial charge in [-0.15, -0.1) is 0 Å². The molecule has 8 heteroatoms. The number of carboxylic acid groups (broad SMARTS) is 1. The number of carbonyl (C=O) groups is 1. The van der Waals surface area contributed by atoms with Gasteiger partial charge in [-0.05, 0) is 30.3 Å². The third-order valence-electron chi connectivity index (χ3n) is 4.21. The predicted octanol–water partition coefficient (Wildman–Crippen LogP) is 5.37. The molecule has 4 rings (SSSR count). The minimum absolute atomic E-state index is 0.0137. The number of aromatic nitrogens is 2. The lowest BCUT2D eigenvalue weighted by molar-refractivity contribution is 0.139. The highest BCUT2D eigenvalue weighted by Crippen LogP contribution is 2.36. The third-order valence-corrected chi connectivity index (χ3v) is 4.52. The van der Waals surface area contributed by atoms with Gasteiger partial charge in [0, 0.05) is 23.4 Å². The summed E-state index contributed by atoms with van der Waals surface area (Å²) in [5.41, 5.74) is 2.10. The highest BCUT2D eigenvalue weighted by atomic mass is 35.5. The number of hydrogen-bond acceptors (Lipinski definition) is 5. The van der Waals surface area contributed by atoms with E-state index in [1.54, 1.807) is 12.1 Å². The van der Waals surface area contributed by atoms with Gasteiger partial charge in [-0.2, -0.15) is 0 Å². The number of rotatable bonds is 5. The Balaban J connectivity index is 1.88. The van der Waals surface area contributed by atoms with Crippen LogP contribution >= 0.6 is 11.6 Å². The zero-order valence-corrected chi connectivity index (χ0v) is 15.5. The van der Waals surface area contributed by atoms with Crippen LogP contribution < -0.4 is 9.47 Å². The molecule has 2 N–H and O–H groups in total. The van der Waals surface area contributed by atoms with Crippen molar-refractivity contribution in [3.8, 4) is 17.4 Å². The Hall–Kier alpha value is -3.29. The van der Waals surface area contributed by atoms with Gasteiger partial charge in [-0.1, -0.05) is 23.7 Å². The van der Waals surface area contributed by atoms with Gasteiger partial charge in [0.25, 0.3) is 0 Å². The standard InChI is InChI=1S/C20H15ClN2O5/c1-26-10-13-18-12-8-11(27-17-5-3-2-4-14(17)21)6-7-15(12)23-16(18)9-22-19(13)28-20(24)25/h2-9,23H,10H2,1H3,(H,24,25). The summed E-state index contributed by atoms with van der Waals surface area (Å²) in [5.74, 6) is 1.11. The molecule has 2 aromatic carbocycles. The first kappa shape index (κ1) is 18.1. The maximum absolute atomic E-state index is 11.0. The molecule has 0 bridgehead atoms. The summed E-state index contributed by atoms with van der Waals surface area (Å²) in [5, 5.41) is 11.1. The Labute approximate surface area is 164 Å². The van der Waals surface area contributed by atoms with E-state index in [9.17, 15) is 4.79 Å². The van der Waals surface area contributed by atoms with Crippen molar-refractivity contribution in [2.45, 2.75) is 6.61 Å². The Morgan fingerprint density at radius 1 is 1.21 bits per heavy atom. The minimum atomic E-state index is -1.44. The van der Waals surface area contributed by atoms with Crippen molar-refractivity contribution in [3.63, 3.8) is 0 Å². The Morgan fingerprint density at radius 2 is 2.04 bits per heavy atom. The molecule has 0 fully saturated rings. The number of halogens is 1. The first-order valence-electron chi connectivity index (χ1n) is 8.32. The lowest BCUT2D eigenvalue weighted by Crippen LogP contribution is -2.07. The first-order valence-corrected chi connectivity index (χ1v) is 8.70. The maximum atomic E-state index is 11.0.